The fraction of sp³-hybridized carbons (Fsp3) is 0.710. The van der Waals surface area contributed by atoms with E-state index in [1.54, 1.807) is 0 Å². The summed E-state index contributed by atoms with van der Waals surface area (Å²) < 4.78 is 34.1. The SMILES string of the molecule is CC/C=C\C/C=C\C/C=C\C/C=C\CCCCCCCCCCCCCCCCCCC(=O)OC(COC(=O)CCCCCCCC/C=C\C/C=C\C/C=C\C/C=C\CC)COP(=O)([O-])OCC[N+](C)(C)C. The molecule has 0 saturated heterocycles. The number of esters is 2. The van der Waals surface area contributed by atoms with Crippen molar-refractivity contribution in [3.05, 3.63) is 97.2 Å². The monoisotopic (exact) mass is 1030 g/mol. The molecule has 0 bridgehead atoms. The number of phosphoric ester groups is 1. The van der Waals surface area contributed by atoms with E-state index in [-0.39, 0.29) is 26.1 Å². The normalized spacial score (nSPS) is 14.0. The summed E-state index contributed by atoms with van der Waals surface area (Å²) in [7, 11) is 1.15. The van der Waals surface area contributed by atoms with Gasteiger partial charge in [-0.2, -0.15) is 0 Å². The molecule has 0 amide bonds. The van der Waals surface area contributed by atoms with Gasteiger partial charge in [0, 0.05) is 12.8 Å². The van der Waals surface area contributed by atoms with Crippen molar-refractivity contribution >= 4 is 19.8 Å². The zero-order chi connectivity index (χ0) is 52.7. The molecular formula is C62H108NO8P. The largest absolute Gasteiger partial charge is 0.756 e. The molecule has 0 rings (SSSR count). The Morgan fingerprint density at radius 2 is 0.750 bits per heavy atom. The molecule has 0 N–H and O–H groups in total. The van der Waals surface area contributed by atoms with Crippen molar-refractivity contribution in [1.29, 1.82) is 0 Å². The molecule has 0 spiro atoms. The van der Waals surface area contributed by atoms with Gasteiger partial charge in [-0.3, -0.25) is 14.2 Å². The van der Waals surface area contributed by atoms with E-state index >= 15 is 0 Å². The van der Waals surface area contributed by atoms with Crippen molar-refractivity contribution < 1.29 is 42.1 Å². The Balaban J connectivity index is 4.15. The van der Waals surface area contributed by atoms with Gasteiger partial charge in [0.15, 0.2) is 6.10 Å². The third-order valence-electron chi connectivity index (χ3n) is 12.1. The molecule has 2 unspecified atom stereocenters. The van der Waals surface area contributed by atoms with Gasteiger partial charge in [0.25, 0.3) is 7.82 Å². The Hall–Kier alpha value is -3.07. The van der Waals surface area contributed by atoms with Crippen LogP contribution in [0.25, 0.3) is 0 Å². The van der Waals surface area contributed by atoms with Crippen LogP contribution in [0.2, 0.25) is 0 Å². The zero-order valence-corrected chi connectivity index (χ0v) is 47.7. The molecule has 0 aromatic rings. The van der Waals surface area contributed by atoms with Crippen LogP contribution in [0.3, 0.4) is 0 Å². The zero-order valence-electron chi connectivity index (χ0n) is 46.8. The van der Waals surface area contributed by atoms with Crippen LogP contribution in [0.5, 0.6) is 0 Å². The maximum atomic E-state index is 12.8. The number of carbonyl (C=O) groups excluding carboxylic acids is 2. The molecule has 0 saturated carbocycles. The minimum absolute atomic E-state index is 0.0371. The van der Waals surface area contributed by atoms with Gasteiger partial charge in [0.2, 0.25) is 0 Å². The highest BCUT2D eigenvalue weighted by atomic mass is 31.2. The first kappa shape index (κ1) is 68.9. The van der Waals surface area contributed by atoms with Crippen LogP contribution in [0.15, 0.2) is 97.2 Å². The van der Waals surface area contributed by atoms with Gasteiger partial charge in [-0.15, -0.1) is 0 Å². The topological polar surface area (TPSA) is 111 Å². The number of hydrogen-bond acceptors (Lipinski definition) is 8. The number of quaternary nitrogens is 1. The molecular weight excluding hydrogens is 918 g/mol. The fourth-order valence-corrected chi connectivity index (χ4v) is 8.43. The first-order valence-corrected chi connectivity index (χ1v) is 30.4. The Morgan fingerprint density at radius 3 is 1.11 bits per heavy atom. The number of ether oxygens (including phenoxy) is 2. The third kappa shape index (κ3) is 56.2. The smallest absolute Gasteiger partial charge is 0.306 e. The van der Waals surface area contributed by atoms with Crippen LogP contribution in [0.1, 0.15) is 232 Å². The number of unbranched alkanes of at least 4 members (excludes halogenated alkanes) is 22. The average Bonchev–Trinajstić information content (AvgIpc) is 3.34. The Bertz CT molecular complexity index is 1540. The first-order valence-electron chi connectivity index (χ1n) is 28.9. The van der Waals surface area contributed by atoms with Gasteiger partial charge in [-0.25, -0.2) is 0 Å². The number of phosphoric acid groups is 1. The number of carbonyl (C=O) groups is 2. The molecule has 0 aliphatic heterocycles. The standard InChI is InChI=1S/C62H108NO8P/c1-6-8-10-12-14-16-18-20-22-24-26-27-28-29-30-31-32-33-34-35-37-39-41-43-45-47-49-51-53-55-62(65)71-60(59-70-72(66,67)69-57-56-63(3,4)5)58-68-61(64)54-52-50-48-46-44-42-40-38-36-25-23-21-19-17-15-13-11-9-7-2/h8-11,14-17,20-23,26-27,36,38,60H,6-7,12-13,18-19,24-25,28-35,37,39-59H2,1-5H3/b10-8-,11-9-,16-14-,17-15-,22-20-,23-21-,27-26-,38-36-. The second kappa shape index (κ2) is 52.8. The van der Waals surface area contributed by atoms with E-state index in [9.17, 15) is 19.0 Å². The number of nitrogens with zero attached hydrogens (tertiary/aromatic N) is 1. The summed E-state index contributed by atoms with van der Waals surface area (Å²) in [6, 6.07) is 0. The molecule has 0 aliphatic carbocycles. The maximum Gasteiger partial charge on any atom is 0.306 e. The van der Waals surface area contributed by atoms with Crippen molar-refractivity contribution in [3.8, 4) is 0 Å². The highest BCUT2D eigenvalue weighted by Crippen LogP contribution is 2.38. The lowest BCUT2D eigenvalue weighted by Gasteiger charge is -2.28. The average molecular weight is 1030 g/mol. The summed E-state index contributed by atoms with van der Waals surface area (Å²) >= 11 is 0. The lowest BCUT2D eigenvalue weighted by molar-refractivity contribution is -0.870. The summed E-state index contributed by atoms with van der Waals surface area (Å²) in [5.41, 5.74) is 0. The molecule has 414 valence electrons. The second-order valence-electron chi connectivity index (χ2n) is 20.2. The van der Waals surface area contributed by atoms with E-state index in [1.165, 1.54) is 83.5 Å². The molecule has 10 heteroatoms. The Kier molecular flexibility index (Phi) is 50.5. The van der Waals surface area contributed by atoms with Gasteiger partial charge in [0.1, 0.15) is 19.8 Å². The minimum atomic E-state index is -4.64. The van der Waals surface area contributed by atoms with E-state index in [1.807, 2.05) is 21.1 Å². The molecule has 0 aromatic heterocycles. The van der Waals surface area contributed by atoms with Crippen molar-refractivity contribution in [2.75, 3.05) is 47.5 Å². The Labute approximate surface area is 443 Å². The van der Waals surface area contributed by atoms with Gasteiger partial charge in [-0.05, 0) is 89.9 Å². The molecule has 0 aromatic carbocycles. The van der Waals surface area contributed by atoms with Crippen molar-refractivity contribution in [2.24, 2.45) is 0 Å². The maximum absolute atomic E-state index is 12.8. The Morgan fingerprint density at radius 1 is 0.431 bits per heavy atom. The summed E-state index contributed by atoms with van der Waals surface area (Å²) in [4.78, 5) is 37.9. The second-order valence-corrected chi connectivity index (χ2v) is 21.7. The van der Waals surface area contributed by atoms with Crippen molar-refractivity contribution in [3.63, 3.8) is 0 Å². The summed E-state index contributed by atoms with van der Waals surface area (Å²) in [5.74, 6) is -0.850. The number of rotatable bonds is 52. The summed E-state index contributed by atoms with van der Waals surface area (Å²) in [5, 5.41) is 0. The quantitative estimate of drug-likeness (QED) is 0.0195. The molecule has 72 heavy (non-hydrogen) atoms. The van der Waals surface area contributed by atoms with Gasteiger partial charge in [-0.1, -0.05) is 227 Å². The summed E-state index contributed by atoms with van der Waals surface area (Å²) in [6.07, 6.45) is 71.7. The van der Waals surface area contributed by atoms with Crippen molar-refractivity contribution in [2.45, 2.75) is 238 Å². The molecule has 0 radical (unpaired) electrons. The third-order valence-corrected chi connectivity index (χ3v) is 13.1. The van der Waals surface area contributed by atoms with E-state index in [2.05, 4.69) is 111 Å². The van der Waals surface area contributed by atoms with Gasteiger partial charge < -0.3 is 27.9 Å². The van der Waals surface area contributed by atoms with Crippen LogP contribution in [0, 0.1) is 0 Å². The fourth-order valence-electron chi connectivity index (χ4n) is 7.70. The lowest BCUT2D eigenvalue weighted by atomic mass is 10.0. The molecule has 2 atom stereocenters. The van der Waals surface area contributed by atoms with Gasteiger partial charge >= 0.3 is 11.9 Å². The van der Waals surface area contributed by atoms with E-state index in [4.69, 9.17) is 18.5 Å². The van der Waals surface area contributed by atoms with E-state index < -0.39 is 32.5 Å². The predicted molar refractivity (Wildman–Crippen MR) is 305 cm³/mol. The number of hydrogen-bond donors (Lipinski definition) is 0. The van der Waals surface area contributed by atoms with Gasteiger partial charge in [0.05, 0.1) is 27.7 Å². The number of allylic oxidation sites excluding steroid dienone is 16. The van der Waals surface area contributed by atoms with Crippen LogP contribution in [0.4, 0.5) is 0 Å². The van der Waals surface area contributed by atoms with Crippen LogP contribution < -0.4 is 4.89 Å². The molecule has 9 nitrogen and oxygen atoms in total. The molecule has 0 aliphatic rings. The van der Waals surface area contributed by atoms with E-state index in [0.717, 1.165) is 109 Å². The summed E-state index contributed by atoms with van der Waals surface area (Å²) in [6.45, 7) is 4.00. The lowest BCUT2D eigenvalue weighted by Crippen LogP contribution is -2.37. The first-order chi connectivity index (χ1) is 35.0. The van der Waals surface area contributed by atoms with E-state index in [0.29, 0.717) is 23.9 Å². The van der Waals surface area contributed by atoms with Crippen LogP contribution in [-0.2, 0) is 32.7 Å². The number of likely N-dealkylation sites (N-methyl/N-ethyl adjacent to an activating group) is 1. The van der Waals surface area contributed by atoms with Crippen molar-refractivity contribution in [1.82, 2.24) is 0 Å². The predicted octanol–water partition coefficient (Wildman–Crippen LogP) is 17.4. The molecule has 0 fully saturated rings. The van der Waals surface area contributed by atoms with Crippen LogP contribution in [-0.4, -0.2) is 70.0 Å². The highest BCUT2D eigenvalue weighted by Gasteiger charge is 2.21. The molecule has 0 heterocycles. The highest BCUT2D eigenvalue weighted by molar-refractivity contribution is 7.45. The minimum Gasteiger partial charge on any atom is -0.756 e. The van der Waals surface area contributed by atoms with Crippen LogP contribution >= 0.6 is 7.82 Å².